The lowest BCUT2D eigenvalue weighted by Gasteiger charge is -2.24. The summed E-state index contributed by atoms with van der Waals surface area (Å²) in [5.41, 5.74) is 17.3. The molecule has 0 spiro atoms. The van der Waals surface area contributed by atoms with E-state index in [4.69, 9.17) is 14.4 Å². The zero-order valence-electron chi connectivity index (χ0n) is 36.9. The maximum absolute atomic E-state index is 6.49. The van der Waals surface area contributed by atoms with Crippen molar-refractivity contribution in [3.05, 3.63) is 259 Å². The zero-order valence-corrected chi connectivity index (χ0v) is 36.9. The minimum Gasteiger partial charge on any atom is -0.456 e. The minimum absolute atomic E-state index is 0.375. The van der Waals surface area contributed by atoms with Gasteiger partial charge < -0.3 is 14.3 Å². The van der Waals surface area contributed by atoms with Crippen LogP contribution in [0.1, 0.15) is 22.9 Å². The van der Waals surface area contributed by atoms with Gasteiger partial charge in [0.05, 0.1) is 11.0 Å². The topological polar surface area (TPSA) is 54.8 Å². The van der Waals surface area contributed by atoms with E-state index in [1.807, 2.05) is 12.1 Å². The van der Waals surface area contributed by atoms with E-state index in [-0.39, 0.29) is 6.17 Å². The van der Waals surface area contributed by atoms with Gasteiger partial charge in [0, 0.05) is 38.4 Å². The lowest BCUT2D eigenvalue weighted by molar-refractivity contribution is 0.668. The SMILES string of the molecule is c1ccc(-c2cccc(C3=NC(c4cccc(-c5ccccc5)c4)NC(c4ccc5oc6ccc(-c7cccc(-c8ccc9c(c8)c8ccccc8n9-c8ccccc8)c7)cc6c5c4)=N3)c2)cc1. The molecule has 0 bridgehead atoms. The predicted molar refractivity (Wildman–Crippen MR) is 282 cm³/mol. The standard InChI is InChI=1S/C63H42N4O/c1-4-15-41(16-5-1)43-19-13-23-49(36-43)61-64-62(50-24-14-20-44(37-50)42-17-6-2-7-18-42)66-63(65-61)51-31-34-60-56(40-51)55-39-48(30-33-59(55)68-60)46-22-12-21-45(35-46)47-29-32-58-54(38-47)53-27-10-11-28-57(53)67(58)52-25-8-3-9-26-52/h1-40,61H,(H,64,65,66). The Morgan fingerprint density at radius 2 is 0.838 bits per heavy atom. The molecular weight excluding hydrogens is 829 g/mol. The van der Waals surface area contributed by atoms with Gasteiger partial charge in [-0.1, -0.05) is 164 Å². The summed E-state index contributed by atoms with van der Waals surface area (Å²) in [6.07, 6.45) is -0.375. The molecule has 12 aromatic rings. The molecule has 0 amide bonds. The van der Waals surface area contributed by atoms with Gasteiger partial charge >= 0.3 is 0 Å². The van der Waals surface area contributed by atoms with Crippen molar-refractivity contribution in [1.82, 2.24) is 9.88 Å². The van der Waals surface area contributed by atoms with E-state index < -0.39 is 0 Å². The van der Waals surface area contributed by atoms with Gasteiger partial charge in [-0.15, -0.1) is 0 Å². The molecule has 0 aliphatic carbocycles. The summed E-state index contributed by atoms with van der Waals surface area (Å²) in [6, 6.07) is 85.9. The second kappa shape index (κ2) is 16.4. The summed E-state index contributed by atoms with van der Waals surface area (Å²) in [7, 11) is 0. The van der Waals surface area contributed by atoms with Crippen molar-refractivity contribution >= 4 is 55.4 Å². The molecule has 10 aromatic carbocycles. The van der Waals surface area contributed by atoms with E-state index in [1.165, 1.54) is 27.4 Å². The van der Waals surface area contributed by atoms with Crippen LogP contribution in [-0.2, 0) is 0 Å². The summed E-state index contributed by atoms with van der Waals surface area (Å²) in [4.78, 5) is 10.5. The van der Waals surface area contributed by atoms with Crippen LogP contribution < -0.4 is 5.32 Å². The van der Waals surface area contributed by atoms with Gasteiger partial charge in [-0.25, -0.2) is 9.98 Å². The van der Waals surface area contributed by atoms with Crippen molar-refractivity contribution in [3.8, 4) is 50.2 Å². The number of furan rings is 1. The predicted octanol–water partition coefficient (Wildman–Crippen LogP) is 15.8. The first kappa shape index (κ1) is 39.3. The molecule has 3 heterocycles. The van der Waals surface area contributed by atoms with Crippen molar-refractivity contribution in [1.29, 1.82) is 0 Å². The first-order valence-electron chi connectivity index (χ1n) is 23.1. The molecule has 68 heavy (non-hydrogen) atoms. The highest BCUT2D eigenvalue weighted by Crippen LogP contribution is 2.38. The van der Waals surface area contributed by atoms with E-state index in [0.29, 0.717) is 5.84 Å². The van der Waals surface area contributed by atoms with Gasteiger partial charge in [0.2, 0.25) is 0 Å². The second-order valence-corrected chi connectivity index (χ2v) is 17.4. The molecule has 0 saturated carbocycles. The highest BCUT2D eigenvalue weighted by Gasteiger charge is 2.23. The number of nitrogens with zero attached hydrogens (tertiary/aromatic N) is 3. The van der Waals surface area contributed by atoms with Crippen molar-refractivity contribution < 1.29 is 4.42 Å². The van der Waals surface area contributed by atoms with E-state index in [2.05, 4.69) is 240 Å². The van der Waals surface area contributed by atoms with Gasteiger partial charge in [-0.2, -0.15) is 0 Å². The van der Waals surface area contributed by atoms with Gasteiger partial charge in [0.25, 0.3) is 0 Å². The first-order valence-corrected chi connectivity index (χ1v) is 23.1. The van der Waals surface area contributed by atoms with Gasteiger partial charge in [0.1, 0.15) is 23.2 Å². The maximum atomic E-state index is 6.49. The molecule has 0 saturated heterocycles. The molecule has 1 atom stereocenters. The van der Waals surface area contributed by atoms with Crippen LogP contribution in [0.4, 0.5) is 0 Å². The quantitative estimate of drug-likeness (QED) is 0.165. The van der Waals surface area contributed by atoms with E-state index >= 15 is 0 Å². The number of aromatic nitrogens is 1. The number of aliphatic imine (C=N–C) groups is 2. The first-order chi connectivity index (χ1) is 33.7. The third-order valence-electron chi connectivity index (χ3n) is 13.2. The normalized spacial score (nSPS) is 13.7. The van der Waals surface area contributed by atoms with Gasteiger partial charge in [0.15, 0.2) is 5.84 Å². The van der Waals surface area contributed by atoms with Crippen LogP contribution in [0.2, 0.25) is 0 Å². The van der Waals surface area contributed by atoms with Crippen LogP contribution in [0.25, 0.3) is 93.9 Å². The number of amidine groups is 2. The van der Waals surface area contributed by atoms with Crippen LogP contribution in [0.5, 0.6) is 0 Å². The van der Waals surface area contributed by atoms with Crippen molar-refractivity contribution in [2.45, 2.75) is 6.17 Å². The Morgan fingerprint density at radius 3 is 1.54 bits per heavy atom. The average molecular weight is 871 g/mol. The Kier molecular flexibility index (Phi) is 9.50. The third kappa shape index (κ3) is 7.05. The number of hydrogen-bond donors (Lipinski definition) is 1. The van der Waals surface area contributed by atoms with Crippen molar-refractivity contribution in [2.75, 3.05) is 0 Å². The molecular formula is C63H42N4O. The summed E-state index contributed by atoms with van der Waals surface area (Å²) < 4.78 is 8.85. The van der Waals surface area contributed by atoms with Crippen LogP contribution >= 0.6 is 0 Å². The lowest BCUT2D eigenvalue weighted by Crippen LogP contribution is -2.33. The molecule has 0 radical (unpaired) electrons. The van der Waals surface area contributed by atoms with Crippen LogP contribution in [-0.4, -0.2) is 16.2 Å². The molecule has 1 aliphatic rings. The van der Waals surface area contributed by atoms with Crippen molar-refractivity contribution in [3.63, 3.8) is 0 Å². The molecule has 5 nitrogen and oxygen atoms in total. The number of benzene rings is 10. The molecule has 5 heteroatoms. The third-order valence-corrected chi connectivity index (χ3v) is 13.2. The Hall–Kier alpha value is -9.06. The fraction of sp³-hybridized carbons (Fsp3) is 0.0159. The van der Waals surface area contributed by atoms with E-state index in [0.717, 1.165) is 89.1 Å². The minimum atomic E-state index is -0.375. The fourth-order valence-electron chi connectivity index (χ4n) is 9.87. The average Bonchev–Trinajstić information content (AvgIpc) is 3.96. The van der Waals surface area contributed by atoms with Crippen LogP contribution in [0.3, 0.4) is 0 Å². The van der Waals surface area contributed by atoms with Crippen LogP contribution in [0.15, 0.2) is 257 Å². The number of hydrogen-bond acceptors (Lipinski definition) is 4. The highest BCUT2D eigenvalue weighted by atomic mass is 16.3. The number of nitrogens with one attached hydrogen (secondary N) is 1. The molecule has 320 valence electrons. The number of rotatable bonds is 8. The Labute approximate surface area is 393 Å². The second-order valence-electron chi connectivity index (χ2n) is 17.4. The number of fused-ring (bicyclic) bond motifs is 6. The number of para-hydroxylation sites is 2. The van der Waals surface area contributed by atoms with Gasteiger partial charge in [-0.05, 0) is 129 Å². The summed E-state index contributed by atoms with van der Waals surface area (Å²) in [5, 5.41) is 8.28. The summed E-state index contributed by atoms with van der Waals surface area (Å²) in [6.45, 7) is 0. The summed E-state index contributed by atoms with van der Waals surface area (Å²) in [5.74, 6) is 1.42. The zero-order chi connectivity index (χ0) is 45.0. The molecule has 1 unspecified atom stereocenters. The maximum Gasteiger partial charge on any atom is 0.159 e. The smallest absolute Gasteiger partial charge is 0.159 e. The summed E-state index contributed by atoms with van der Waals surface area (Å²) >= 11 is 0. The monoisotopic (exact) mass is 870 g/mol. The fourth-order valence-corrected chi connectivity index (χ4v) is 9.87. The largest absolute Gasteiger partial charge is 0.456 e. The Morgan fingerprint density at radius 1 is 0.353 bits per heavy atom. The molecule has 1 aliphatic heterocycles. The lowest BCUT2D eigenvalue weighted by atomic mass is 9.97. The Bertz CT molecular complexity index is 3940. The Balaban J connectivity index is 0.876. The van der Waals surface area contributed by atoms with E-state index in [1.54, 1.807) is 0 Å². The molecule has 13 rings (SSSR count). The van der Waals surface area contributed by atoms with Gasteiger partial charge in [-0.3, -0.25) is 0 Å². The molecule has 1 N–H and O–H groups in total. The molecule has 2 aromatic heterocycles. The highest BCUT2D eigenvalue weighted by molar-refractivity contribution is 6.16. The van der Waals surface area contributed by atoms with E-state index in [9.17, 15) is 0 Å². The van der Waals surface area contributed by atoms with Crippen molar-refractivity contribution in [2.24, 2.45) is 9.98 Å². The van der Waals surface area contributed by atoms with Crippen LogP contribution in [0, 0.1) is 0 Å². The molecule has 0 fully saturated rings.